The van der Waals surface area contributed by atoms with E-state index in [2.05, 4.69) is 0 Å². The Labute approximate surface area is 66.1 Å². The summed E-state index contributed by atoms with van der Waals surface area (Å²) in [6.07, 6.45) is 0. The van der Waals surface area contributed by atoms with Crippen molar-refractivity contribution in [3.8, 4) is 0 Å². The van der Waals surface area contributed by atoms with Crippen LogP contribution in [0.5, 0.6) is 0 Å². The average Bonchev–Trinajstić information content (AvgIpc) is 1.86. The lowest BCUT2D eigenvalue weighted by atomic mass is 10.0. The topological polar surface area (TPSA) is 40.5 Å². The Bertz CT molecular complexity index is 248. The van der Waals surface area contributed by atoms with E-state index in [1.165, 1.54) is 6.92 Å². The van der Waals surface area contributed by atoms with Gasteiger partial charge in [0, 0.05) is 5.56 Å². The third kappa shape index (κ3) is 1.79. The van der Waals surface area contributed by atoms with Gasteiger partial charge in [0.15, 0.2) is 5.79 Å². The van der Waals surface area contributed by atoms with Gasteiger partial charge in [0.1, 0.15) is 0 Å². The molecule has 0 spiro atoms. The summed E-state index contributed by atoms with van der Waals surface area (Å²) >= 11 is 0. The van der Waals surface area contributed by atoms with Crippen LogP contribution < -0.4 is 0 Å². The molecule has 2 heteroatoms. The fraction of sp³-hybridized carbons (Fsp3) is 0.333. The van der Waals surface area contributed by atoms with E-state index in [4.69, 9.17) is 0 Å². The molecule has 2 N–H and O–H groups in total. The summed E-state index contributed by atoms with van der Waals surface area (Å²) in [5.74, 6) is -1.72. The van der Waals surface area contributed by atoms with E-state index < -0.39 is 5.79 Å². The van der Waals surface area contributed by atoms with Crippen LogP contribution in [-0.2, 0) is 5.79 Å². The van der Waals surface area contributed by atoms with E-state index in [9.17, 15) is 10.2 Å². The fourth-order valence-corrected chi connectivity index (χ4v) is 1.10. The molecule has 1 aromatic rings. The zero-order valence-electron chi connectivity index (χ0n) is 6.70. The third-order valence-electron chi connectivity index (χ3n) is 1.66. The molecule has 0 aliphatic carbocycles. The number of aliphatic hydroxyl groups is 2. The third-order valence-corrected chi connectivity index (χ3v) is 1.66. The highest BCUT2D eigenvalue weighted by atomic mass is 16.5. The van der Waals surface area contributed by atoms with E-state index >= 15 is 0 Å². The van der Waals surface area contributed by atoms with Gasteiger partial charge in [-0.2, -0.15) is 0 Å². The normalized spacial score (nSPS) is 11.6. The van der Waals surface area contributed by atoms with E-state index in [0.717, 1.165) is 5.56 Å². The molecule has 1 rings (SSSR count). The van der Waals surface area contributed by atoms with Gasteiger partial charge in [-0.05, 0) is 19.4 Å². The van der Waals surface area contributed by atoms with Crippen molar-refractivity contribution < 1.29 is 10.2 Å². The Balaban J connectivity index is 3.14. The summed E-state index contributed by atoms with van der Waals surface area (Å²) in [7, 11) is 0. The first-order chi connectivity index (χ1) is 5.02. The first-order valence-electron chi connectivity index (χ1n) is 3.52. The Morgan fingerprint density at radius 1 is 1.18 bits per heavy atom. The van der Waals surface area contributed by atoms with E-state index in [-0.39, 0.29) is 0 Å². The maximum Gasteiger partial charge on any atom is 0.187 e. The van der Waals surface area contributed by atoms with E-state index in [1.807, 2.05) is 19.1 Å². The first-order valence-corrected chi connectivity index (χ1v) is 3.52. The smallest absolute Gasteiger partial charge is 0.187 e. The minimum absolute atomic E-state index is 0.556. The van der Waals surface area contributed by atoms with Gasteiger partial charge >= 0.3 is 0 Å². The van der Waals surface area contributed by atoms with E-state index in [0.29, 0.717) is 5.56 Å². The van der Waals surface area contributed by atoms with Gasteiger partial charge in [0.05, 0.1) is 0 Å². The lowest BCUT2D eigenvalue weighted by Crippen LogP contribution is -2.20. The van der Waals surface area contributed by atoms with Crippen LogP contribution in [0.3, 0.4) is 0 Å². The van der Waals surface area contributed by atoms with Crippen LogP contribution in [0, 0.1) is 6.92 Å². The quantitative estimate of drug-likeness (QED) is 0.593. The highest BCUT2D eigenvalue weighted by molar-refractivity contribution is 5.28. The molecule has 60 valence electrons. The summed E-state index contributed by atoms with van der Waals surface area (Å²) < 4.78 is 0. The Morgan fingerprint density at radius 2 is 1.73 bits per heavy atom. The summed E-state index contributed by atoms with van der Waals surface area (Å²) in [6, 6.07) is 7.20. The number of rotatable bonds is 1. The van der Waals surface area contributed by atoms with Crippen molar-refractivity contribution in [3.05, 3.63) is 35.4 Å². The maximum absolute atomic E-state index is 9.23. The summed E-state index contributed by atoms with van der Waals surface area (Å²) in [4.78, 5) is 0. The van der Waals surface area contributed by atoms with Crippen molar-refractivity contribution in [3.63, 3.8) is 0 Å². The van der Waals surface area contributed by atoms with Crippen molar-refractivity contribution in [2.75, 3.05) is 0 Å². The molecular weight excluding hydrogens is 140 g/mol. The SMILES string of the molecule is Cc1ccccc1C(C)(O)O. The van der Waals surface area contributed by atoms with Gasteiger partial charge in [-0.3, -0.25) is 0 Å². The Kier molecular flexibility index (Phi) is 1.98. The van der Waals surface area contributed by atoms with Gasteiger partial charge in [0.25, 0.3) is 0 Å². The molecular formula is C9H12O2. The van der Waals surface area contributed by atoms with Crippen LogP contribution in [0.1, 0.15) is 18.1 Å². The van der Waals surface area contributed by atoms with Crippen LogP contribution >= 0.6 is 0 Å². The molecule has 0 atom stereocenters. The number of aryl methyl sites for hydroxylation is 1. The highest BCUT2D eigenvalue weighted by Crippen LogP contribution is 2.19. The molecule has 0 amide bonds. The van der Waals surface area contributed by atoms with Crippen molar-refractivity contribution in [1.82, 2.24) is 0 Å². The fourth-order valence-electron chi connectivity index (χ4n) is 1.10. The van der Waals surface area contributed by atoms with Crippen molar-refractivity contribution in [2.24, 2.45) is 0 Å². The zero-order valence-corrected chi connectivity index (χ0v) is 6.70. The van der Waals surface area contributed by atoms with E-state index in [1.54, 1.807) is 12.1 Å². The molecule has 0 saturated heterocycles. The molecule has 0 aliphatic rings. The van der Waals surface area contributed by atoms with Crippen LogP contribution in [0.2, 0.25) is 0 Å². The van der Waals surface area contributed by atoms with Gasteiger partial charge < -0.3 is 10.2 Å². The second-order valence-electron chi connectivity index (χ2n) is 2.84. The monoisotopic (exact) mass is 152 g/mol. The lowest BCUT2D eigenvalue weighted by Gasteiger charge is -2.18. The largest absolute Gasteiger partial charge is 0.362 e. The second kappa shape index (κ2) is 2.64. The Morgan fingerprint density at radius 3 is 2.09 bits per heavy atom. The van der Waals surface area contributed by atoms with Crippen LogP contribution in [0.15, 0.2) is 24.3 Å². The molecule has 0 radical (unpaired) electrons. The zero-order chi connectivity index (χ0) is 8.48. The molecule has 0 aromatic heterocycles. The van der Waals surface area contributed by atoms with Crippen molar-refractivity contribution >= 4 is 0 Å². The average molecular weight is 152 g/mol. The first kappa shape index (κ1) is 8.24. The molecule has 11 heavy (non-hydrogen) atoms. The number of hydrogen-bond donors (Lipinski definition) is 2. The van der Waals surface area contributed by atoms with Crippen molar-refractivity contribution in [2.45, 2.75) is 19.6 Å². The minimum atomic E-state index is -1.72. The van der Waals surface area contributed by atoms with Gasteiger partial charge in [-0.15, -0.1) is 0 Å². The molecule has 1 aromatic carbocycles. The molecule has 0 unspecified atom stereocenters. The second-order valence-corrected chi connectivity index (χ2v) is 2.84. The van der Waals surface area contributed by atoms with Crippen LogP contribution in [0.25, 0.3) is 0 Å². The molecule has 2 nitrogen and oxygen atoms in total. The lowest BCUT2D eigenvalue weighted by molar-refractivity contribution is -0.153. The van der Waals surface area contributed by atoms with Crippen molar-refractivity contribution in [1.29, 1.82) is 0 Å². The standard InChI is InChI=1S/C9H12O2/c1-7-5-3-4-6-8(7)9(2,10)11/h3-6,10-11H,1-2H3. The predicted octanol–water partition coefficient (Wildman–Crippen LogP) is 1.15. The molecule has 0 heterocycles. The Hall–Kier alpha value is -0.860. The van der Waals surface area contributed by atoms with Gasteiger partial charge in [-0.25, -0.2) is 0 Å². The summed E-state index contributed by atoms with van der Waals surface area (Å²) in [6.45, 7) is 3.20. The van der Waals surface area contributed by atoms with Gasteiger partial charge in [-0.1, -0.05) is 24.3 Å². The molecule has 0 saturated carbocycles. The molecule has 0 fully saturated rings. The summed E-state index contributed by atoms with van der Waals surface area (Å²) in [5.41, 5.74) is 1.44. The number of hydrogen-bond acceptors (Lipinski definition) is 2. The molecule has 0 aliphatic heterocycles. The van der Waals surface area contributed by atoms with Crippen LogP contribution in [0.4, 0.5) is 0 Å². The number of benzene rings is 1. The van der Waals surface area contributed by atoms with Gasteiger partial charge in [0.2, 0.25) is 0 Å². The minimum Gasteiger partial charge on any atom is -0.362 e. The predicted molar refractivity (Wildman–Crippen MR) is 43.0 cm³/mol. The molecule has 0 bridgehead atoms. The maximum atomic E-state index is 9.23. The van der Waals surface area contributed by atoms with Crippen LogP contribution in [-0.4, -0.2) is 10.2 Å². The summed E-state index contributed by atoms with van der Waals surface area (Å²) in [5, 5.41) is 18.5. The highest BCUT2D eigenvalue weighted by Gasteiger charge is 2.19.